The Bertz CT molecular complexity index is 1290. The van der Waals surface area contributed by atoms with Crippen LogP contribution in [0.5, 0.6) is 0 Å². The van der Waals surface area contributed by atoms with Crippen molar-refractivity contribution >= 4 is 40.0 Å². The monoisotopic (exact) mass is 415 g/mol. The Hall–Kier alpha value is -3.51. The van der Waals surface area contributed by atoms with E-state index in [0.717, 1.165) is 22.5 Å². The molecule has 0 saturated carbocycles. The second kappa shape index (κ2) is 6.78. The minimum Gasteiger partial charge on any atom is -0.278 e. The Labute approximate surface area is 178 Å². The van der Waals surface area contributed by atoms with Gasteiger partial charge in [-0.15, -0.1) is 5.10 Å². The average Bonchev–Trinajstić information content (AvgIpc) is 3.26. The molecule has 0 fully saturated rings. The van der Waals surface area contributed by atoms with E-state index >= 15 is 0 Å². The van der Waals surface area contributed by atoms with Crippen LogP contribution in [0, 0.1) is 5.41 Å². The number of halogens is 1. The van der Waals surface area contributed by atoms with Crippen LogP contribution < -0.4 is 4.90 Å². The van der Waals surface area contributed by atoms with E-state index in [1.54, 1.807) is 27.7 Å². The quantitative estimate of drug-likeness (QED) is 0.485. The maximum absolute atomic E-state index is 13.7. The summed E-state index contributed by atoms with van der Waals surface area (Å²) in [5, 5.41) is 9.32. The van der Waals surface area contributed by atoms with Gasteiger partial charge in [-0.05, 0) is 62.4 Å². The first-order valence-electron chi connectivity index (χ1n) is 9.55. The van der Waals surface area contributed by atoms with E-state index in [1.807, 2.05) is 68.6 Å². The molecule has 148 valence electrons. The van der Waals surface area contributed by atoms with E-state index in [2.05, 4.69) is 15.3 Å². The van der Waals surface area contributed by atoms with Crippen molar-refractivity contribution in [3.63, 3.8) is 0 Å². The first kappa shape index (κ1) is 18.5. The van der Waals surface area contributed by atoms with Crippen LogP contribution in [-0.4, -0.2) is 25.7 Å². The highest BCUT2D eigenvalue weighted by Crippen LogP contribution is 2.50. The number of benzene rings is 1. The summed E-state index contributed by atoms with van der Waals surface area (Å²) in [6.45, 7) is 3.84. The van der Waals surface area contributed by atoms with Gasteiger partial charge in [0, 0.05) is 28.7 Å². The number of hydrogen-bond acceptors (Lipinski definition) is 4. The maximum Gasteiger partial charge on any atom is 0.241 e. The van der Waals surface area contributed by atoms with Gasteiger partial charge in [0.2, 0.25) is 5.91 Å². The average molecular weight is 416 g/mol. The SMILES string of the molecule is CC1(C)C(=O)N(c2ccc(Cl)cc2)C(c2nnn3ccccc23)=C1c1ccccn1. The smallest absolute Gasteiger partial charge is 0.241 e. The van der Waals surface area contributed by atoms with Crippen LogP contribution >= 0.6 is 11.6 Å². The van der Waals surface area contributed by atoms with Crippen molar-refractivity contribution in [3.05, 3.63) is 89.5 Å². The van der Waals surface area contributed by atoms with E-state index in [1.165, 1.54) is 0 Å². The van der Waals surface area contributed by atoms with Gasteiger partial charge in [0.1, 0.15) is 5.69 Å². The van der Waals surface area contributed by atoms with Gasteiger partial charge in [0.05, 0.1) is 22.3 Å². The van der Waals surface area contributed by atoms with Crippen LogP contribution in [0.15, 0.2) is 73.1 Å². The Kier molecular flexibility index (Phi) is 4.18. The van der Waals surface area contributed by atoms with Gasteiger partial charge in [0.25, 0.3) is 0 Å². The summed E-state index contributed by atoms with van der Waals surface area (Å²) in [5.41, 5.74) is 3.58. The largest absolute Gasteiger partial charge is 0.278 e. The summed E-state index contributed by atoms with van der Waals surface area (Å²) in [6.07, 6.45) is 3.57. The summed E-state index contributed by atoms with van der Waals surface area (Å²) < 4.78 is 1.70. The minimum atomic E-state index is -0.811. The maximum atomic E-state index is 13.7. The minimum absolute atomic E-state index is 0.0578. The first-order valence-corrected chi connectivity index (χ1v) is 9.93. The lowest BCUT2D eigenvalue weighted by Gasteiger charge is -2.23. The number of carbonyl (C=O) groups is 1. The molecule has 30 heavy (non-hydrogen) atoms. The highest BCUT2D eigenvalue weighted by Gasteiger charge is 2.49. The molecule has 7 heteroatoms. The van der Waals surface area contributed by atoms with Crippen molar-refractivity contribution in [2.24, 2.45) is 5.41 Å². The number of fused-ring (bicyclic) bond motifs is 1. The Morgan fingerprint density at radius 2 is 1.73 bits per heavy atom. The van der Waals surface area contributed by atoms with Crippen molar-refractivity contribution in [1.29, 1.82) is 0 Å². The number of amides is 1. The highest BCUT2D eigenvalue weighted by molar-refractivity contribution is 6.31. The van der Waals surface area contributed by atoms with Crippen LogP contribution in [0.2, 0.25) is 5.02 Å². The molecule has 0 bridgehead atoms. The molecule has 0 unspecified atom stereocenters. The fourth-order valence-corrected chi connectivity index (χ4v) is 4.05. The molecular formula is C23H18ClN5O. The zero-order valence-corrected chi connectivity index (χ0v) is 17.2. The van der Waals surface area contributed by atoms with Crippen LogP contribution in [0.25, 0.3) is 16.8 Å². The van der Waals surface area contributed by atoms with E-state index in [4.69, 9.17) is 11.6 Å². The van der Waals surface area contributed by atoms with E-state index in [-0.39, 0.29) is 5.91 Å². The lowest BCUT2D eigenvalue weighted by atomic mass is 9.82. The summed E-state index contributed by atoms with van der Waals surface area (Å²) in [7, 11) is 0. The second-order valence-electron chi connectivity index (χ2n) is 7.65. The van der Waals surface area contributed by atoms with Gasteiger partial charge in [-0.2, -0.15) is 0 Å². The molecule has 4 aromatic rings. The zero-order valence-electron chi connectivity index (χ0n) is 16.5. The van der Waals surface area contributed by atoms with Crippen LogP contribution in [0.1, 0.15) is 25.2 Å². The Morgan fingerprint density at radius 3 is 2.47 bits per heavy atom. The summed E-state index contributed by atoms with van der Waals surface area (Å²) in [6, 6.07) is 18.7. The molecule has 1 aliphatic heterocycles. The third-order valence-corrected chi connectivity index (χ3v) is 5.63. The number of hydrogen-bond donors (Lipinski definition) is 0. The molecule has 6 nitrogen and oxygen atoms in total. The fourth-order valence-electron chi connectivity index (χ4n) is 3.92. The molecule has 0 atom stereocenters. The molecule has 0 aliphatic carbocycles. The number of anilines is 1. The zero-order chi connectivity index (χ0) is 20.9. The Balaban J connectivity index is 1.86. The van der Waals surface area contributed by atoms with Crippen molar-refractivity contribution < 1.29 is 4.79 Å². The van der Waals surface area contributed by atoms with Crippen molar-refractivity contribution in [2.45, 2.75) is 13.8 Å². The number of carbonyl (C=O) groups excluding carboxylic acids is 1. The van der Waals surface area contributed by atoms with Crippen LogP contribution in [0.3, 0.4) is 0 Å². The standard InChI is InChI=1S/C23H18ClN5O/c1-23(2)19(17-7-3-5-13-25-17)21(20-18-8-4-6-14-28(18)27-26-20)29(22(23)30)16-11-9-15(24)10-12-16/h3-14H,1-2H3. The topological polar surface area (TPSA) is 63.4 Å². The molecule has 5 rings (SSSR count). The summed E-state index contributed by atoms with van der Waals surface area (Å²) in [4.78, 5) is 20.0. The third kappa shape index (κ3) is 2.72. The summed E-state index contributed by atoms with van der Waals surface area (Å²) >= 11 is 6.10. The van der Waals surface area contributed by atoms with Gasteiger partial charge >= 0.3 is 0 Å². The molecule has 0 saturated heterocycles. The van der Waals surface area contributed by atoms with Gasteiger partial charge in [-0.1, -0.05) is 28.9 Å². The highest BCUT2D eigenvalue weighted by atomic mass is 35.5. The van der Waals surface area contributed by atoms with Crippen LogP contribution in [0.4, 0.5) is 5.69 Å². The van der Waals surface area contributed by atoms with E-state index in [0.29, 0.717) is 16.4 Å². The fraction of sp³-hybridized carbons (Fsp3) is 0.130. The van der Waals surface area contributed by atoms with Crippen molar-refractivity contribution in [1.82, 2.24) is 19.8 Å². The van der Waals surface area contributed by atoms with Gasteiger partial charge in [0.15, 0.2) is 0 Å². The van der Waals surface area contributed by atoms with E-state index in [9.17, 15) is 4.79 Å². The number of aromatic nitrogens is 4. The molecule has 0 spiro atoms. The molecule has 1 aliphatic rings. The molecule has 4 heterocycles. The normalized spacial score (nSPS) is 16.0. The lowest BCUT2D eigenvalue weighted by molar-refractivity contribution is -0.122. The third-order valence-electron chi connectivity index (χ3n) is 5.38. The molecule has 3 aromatic heterocycles. The second-order valence-corrected chi connectivity index (χ2v) is 8.09. The van der Waals surface area contributed by atoms with Gasteiger partial charge in [-0.3, -0.25) is 14.7 Å². The molecule has 1 amide bonds. The molecule has 0 N–H and O–H groups in total. The number of rotatable bonds is 3. The predicted molar refractivity (Wildman–Crippen MR) is 117 cm³/mol. The molecule has 1 aromatic carbocycles. The Morgan fingerprint density at radius 1 is 0.967 bits per heavy atom. The molecular weight excluding hydrogens is 398 g/mol. The summed E-state index contributed by atoms with van der Waals surface area (Å²) in [5.74, 6) is -0.0578. The van der Waals surface area contributed by atoms with Crippen molar-refractivity contribution in [3.8, 4) is 0 Å². The van der Waals surface area contributed by atoms with Gasteiger partial charge < -0.3 is 0 Å². The molecule has 0 radical (unpaired) electrons. The van der Waals surface area contributed by atoms with E-state index < -0.39 is 5.41 Å². The number of nitrogens with zero attached hydrogens (tertiary/aromatic N) is 5. The van der Waals surface area contributed by atoms with Crippen LogP contribution in [-0.2, 0) is 4.79 Å². The van der Waals surface area contributed by atoms with Crippen molar-refractivity contribution in [2.75, 3.05) is 4.90 Å². The lowest BCUT2D eigenvalue weighted by Crippen LogP contribution is -2.33. The number of pyridine rings is 2. The predicted octanol–water partition coefficient (Wildman–Crippen LogP) is 4.72. The first-order chi connectivity index (χ1) is 14.5. The van der Waals surface area contributed by atoms with Gasteiger partial charge in [-0.25, -0.2) is 4.52 Å².